The van der Waals surface area contributed by atoms with Crippen LogP contribution in [0, 0.1) is 12.8 Å². The van der Waals surface area contributed by atoms with Gasteiger partial charge in [-0.25, -0.2) is 5.01 Å². The zero-order valence-corrected chi connectivity index (χ0v) is 14.3. The topological polar surface area (TPSA) is 57.2 Å². The van der Waals surface area contributed by atoms with Crippen LogP contribution in [0.2, 0.25) is 0 Å². The number of benzene rings is 1. The van der Waals surface area contributed by atoms with Gasteiger partial charge in [-0.05, 0) is 32.4 Å². The lowest BCUT2D eigenvalue weighted by atomic mass is 9.81. The van der Waals surface area contributed by atoms with Crippen molar-refractivity contribution in [2.45, 2.75) is 25.9 Å². The molecule has 4 rings (SSSR count). The molecule has 1 amide bonds. The van der Waals surface area contributed by atoms with Gasteiger partial charge in [-0.3, -0.25) is 9.69 Å². The molecule has 0 unspecified atom stereocenters. The van der Waals surface area contributed by atoms with E-state index in [1.54, 1.807) is 0 Å². The molecule has 0 spiro atoms. The van der Waals surface area contributed by atoms with Gasteiger partial charge in [-0.15, -0.1) is 0 Å². The molecule has 2 atom stereocenters. The molecule has 1 aromatic carbocycles. The molecule has 3 aliphatic rings. The second-order valence-corrected chi connectivity index (χ2v) is 6.81. The highest BCUT2D eigenvalue weighted by molar-refractivity contribution is 6.02. The Morgan fingerprint density at radius 2 is 1.92 bits per heavy atom. The first-order chi connectivity index (χ1) is 11.6. The number of morpholine rings is 1. The summed E-state index contributed by atoms with van der Waals surface area (Å²) in [6, 6.07) is 8.25. The summed E-state index contributed by atoms with van der Waals surface area (Å²) in [7, 11) is 0. The van der Waals surface area contributed by atoms with Gasteiger partial charge in [-0.1, -0.05) is 17.7 Å². The van der Waals surface area contributed by atoms with Gasteiger partial charge in [0.15, 0.2) is 0 Å². The lowest BCUT2D eigenvalue weighted by molar-refractivity contribution is -0.142. The normalized spacial score (nSPS) is 30.8. The molecular formula is C18H24N4O2. The number of anilines is 1. The summed E-state index contributed by atoms with van der Waals surface area (Å²) in [5, 5.41) is 9.87. The van der Waals surface area contributed by atoms with Gasteiger partial charge >= 0.3 is 0 Å². The molecular weight excluding hydrogens is 304 g/mol. The number of hydrogen-bond acceptors (Lipinski definition) is 5. The van der Waals surface area contributed by atoms with Crippen molar-refractivity contribution in [1.82, 2.24) is 10.2 Å². The van der Waals surface area contributed by atoms with Crippen molar-refractivity contribution in [2.75, 3.05) is 37.9 Å². The van der Waals surface area contributed by atoms with Crippen LogP contribution in [0.25, 0.3) is 0 Å². The first-order valence-electron chi connectivity index (χ1n) is 8.67. The highest BCUT2D eigenvalue weighted by Crippen LogP contribution is 2.43. The zero-order chi connectivity index (χ0) is 16.7. The Bertz CT molecular complexity index is 666. The van der Waals surface area contributed by atoms with Crippen LogP contribution in [-0.4, -0.2) is 55.0 Å². The Labute approximate surface area is 142 Å². The molecule has 1 aromatic rings. The molecule has 0 aliphatic carbocycles. The van der Waals surface area contributed by atoms with Gasteiger partial charge in [0, 0.05) is 31.3 Å². The van der Waals surface area contributed by atoms with Gasteiger partial charge in [0.25, 0.3) is 5.91 Å². The summed E-state index contributed by atoms with van der Waals surface area (Å²) in [5.41, 5.74) is 2.44. The molecule has 1 N–H and O–H groups in total. The Morgan fingerprint density at radius 1 is 1.21 bits per heavy atom. The van der Waals surface area contributed by atoms with Crippen LogP contribution in [0.1, 0.15) is 18.9 Å². The predicted octanol–water partition coefficient (Wildman–Crippen LogP) is 1.36. The third-order valence-corrected chi connectivity index (χ3v) is 5.40. The second-order valence-electron chi connectivity index (χ2n) is 6.81. The van der Waals surface area contributed by atoms with E-state index < -0.39 is 5.66 Å². The average molecular weight is 328 g/mol. The Hall–Kier alpha value is -1.92. The highest BCUT2D eigenvalue weighted by Gasteiger charge is 2.61. The Balaban J connectivity index is 1.83. The first-order valence-corrected chi connectivity index (χ1v) is 8.67. The number of nitrogens with zero attached hydrogens (tertiary/aromatic N) is 3. The van der Waals surface area contributed by atoms with Gasteiger partial charge in [0.1, 0.15) is 0 Å². The average Bonchev–Trinajstić information content (AvgIpc) is 2.92. The summed E-state index contributed by atoms with van der Waals surface area (Å²) in [6.45, 7) is 7.63. The number of carbonyl (C=O) groups excluding carboxylic acids is 1. The van der Waals surface area contributed by atoms with Crippen LogP contribution in [0.3, 0.4) is 0 Å². The summed E-state index contributed by atoms with van der Waals surface area (Å²) in [5.74, 6) is 0.174. The molecule has 24 heavy (non-hydrogen) atoms. The Morgan fingerprint density at radius 3 is 2.62 bits per heavy atom. The van der Waals surface area contributed by atoms with Crippen molar-refractivity contribution in [3.63, 3.8) is 0 Å². The van der Waals surface area contributed by atoms with E-state index in [1.807, 2.05) is 11.9 Å². The van der Waals surface area contributed by atoms with Gasteiger partial charge < -0.3 is 10.1 Å². The summed E-state index contributed by atoms with van der Waals surface area (Å²) < 4.78 is 5.53. The predicted molar refractivity (Wildman–Crippen MR) is 93.0 cm³/mol. The van der Waals surface area contributed by atoms with Crippen molar-refractivity contribution >= 4 is 17.3 Å². The Kier molecular flexibility index (Phi) is 3.81. The minimum atomic E-state index is -0.763. The fourth-order valence-corrected chi connectivity index (χ4v) is 4.21. The molecule has 0 saturated carbocycles. The van der Waals surface area contributed by atoms with Crippen LogP contribution in [0.4, 0.5) is 5.69 Å². The molecule has 0 bridgehead atoms. The molecule has 6 heteroatoms. The third kappa shape index (κ3) is 2.17. The number of carbonyl (C=O) groups is 1. The lowest BCUT2D eigenvalue weighted by Crippen LogP contribution is -2.73. The van der Waals surface area contributed by atoms with Crippen molar-refractivity contribution in [2.24, 2.45) is 11.0 Å². The number of aryl methyl sites for hydroxylation is 1. The van der Waals surface area contributed by atoms with E-state index >= 15 is 0 Å². The summed E-state index contributed by atoms with van der Waals surface area (Å²) in [4.78, 5) is 15.4. The second kappa shape index (κ2) is 5.86. The van der Waals surface area contributed by atoms with Crippen LogP contribution in [-0.2, 0) is 9.53 Å². The number of piperidine rings is 1. The molecule has 0 radical (unpaired) electrons. The van der Waals surface area contributed by atoms with Crippen molar-refractivity contribution in [3.8, 4) is 0 Å². The number of nitrogens with one attached hydrogen (secondary N) is 1. The van der Waals surface area contributed by atoms with Gasteiger partial charge in [0.2, 0.25) is 5.66 Å². The highest BCUT2D eigenvalue weighted by atomic mass is 16.5. The SMILES string of the molecule is CC1=NN(c2ccc(C)cc2)[C@@]2(N3CCOCC3)C(=O)NCC[C@@H]12. The standard InChI is InChI=1S/C18H24N4O2/c1-13-3-5-15(6-4-13)22-18(21-9-11-24-12-10-21)16(14(2)20-22)7-8-19-17(18)23/h3-6,16H,7-12H2,1-2H3,(H,19,23)/t16-,18+/m0/s1. The van der Waals surface area contributed by atoms with E-state index in [4.69, 9.17) is 9.84 Å². The zero-order valence-electron chi connectivity index (χ0n) is 14.3. The number of amides is 1. The van der Waals surface area contributed by atoms with Crippen LogP contribution in [0.5, 0.6) is 0 Å². The molecule has 2 fully saturated rings. The van der Waals surface area contributed by atoms with Crippen molar-refractivity contribution in [3.05, 3.63) is 29.8 Å². The molecule has 2 saturated heterocycles. The molecule has 3 heterocycles. The number of fused-ring (bicyclic) bond motifs is 1. The van der Waals surface area contributed by atoms with E-state index in [1.165, 1.54) is 5.56 Å². The van der Waals surface area contributed by atoms with Crippen LogP contribution < -0.4 is 10.3 Å². The summed E-state index contributed by atoms with van der Waals surface area (Å²) >= 11 is 0. The number of hydrazone groups is 1. The summed E-state index contributed by atoms with van der Waals surface area (Å²) in [6.07, 6.45) is 0.917. The van der Waals surface area contributed by atoms with E-state index in [9.17, 15) is 4.79 Å². The van der Waals surface area contributed by atoms with Crippen molar-refractivity contribution < 1.29 is 9.53 Å². The number of hydrogen-bond donors (Lipinski definition) is 1. The molecule has 0 aromatic heterocycles. The maximum absolute atomic E-state index is 13.2. The third-order valence-electron chi connectivity index (χ3n) is 5.40. The maximum Gasteiger partial charge on any atom is 0.263 e. The fraction of sp³-hybridized carbons (Fsp3) is 0.556. The molecule has 3 aliphatic heterocycles. The minimum Gasteiger partial charge on any atom is -0.379 e. The van der Waals surface area contributed by atoms with Crippen molar-refractivity contribution in [1.29, 1.82) is 0 Å². The van der Waals surface area contributed by atoms with Crippen LogP contribution >= 0.6 is 0 Å². The minimum absolute atomic E-state index is 0.0572. The van der Waals surface area contributed by atoms with E-state index in [0.717, 1.165) is 30.9 Å². The smallest absolute Gasteiger partial charge is 0.263 e. The monoisotopic (exact) mass is 328 g/mol. The largest absolute Gasteiger partial charge is 0.379 e. The first kappa shape index (κ1) is 15.6. The fourth-order valence-electron chi connectivity index (χ4n) is 4.21. The maximum atomic E-state index is 13.2. The van der Waals surface area contributed by atoms with E-state index in [-0.39, 0.29) is 11.8 Å². The lowest BCUT2D eigenvalue weighted by Gasteiger charge is -2.51. The molecule has 6 nitrogen and oxygen atoms in total. The van der Waals surface area contributed by atoms with Gasteiger partial charge in [-0.2, -0.15) is 5.10 Å². The van der Waals surface area contributed by atoms with Crippen LogP contribution in [0.15, 0.2) is 29.4 Å². The quantitative estimate of drug-likeness (QED) is 0.890. The molecule has 128 valence electrons. The van der Waals surface area contributed by atoms with Gasteiger partial charge in [0.05, 0.1) is 18.9 Å². The number of ether oxygens (including phenoxy) is 1. The van der Waals surface area contributed by atoms with E-state index in [2.05, 4.69) is 41.4 Å². The van der Waals surface area contributed by atoms with E-state index in [0.29, 0.717) is 19.8 Å². The number of rotatable bonds is 2.